The van der Waals surface area contributed by atoms with Crippen molar-refractivity contribution in [3.05, 3.63) is 35.9 Å². The van der Waals surface area contributed by atoms with E-state index in [4.69, 9.17) is 5.11 Å². The van der Waals surface area contributed by atoms with Crippen molar-refractivity contribution in [3.8, 4) is 0 Å². The molecule has 0 unspecified atom stereocenters. The molecule has 2 N–H and O–H groups in total. The summed E-state index contributed by atoms with van der Waals surface area (Å²) in [7, 11) is -3.71. The fourth-order valence-electron chi connectivity index (χ4n) is 1.89. The third-order valence-electron chi connectivity index (χ3n) is 2.94. The average molecular weight is 310 g/mol. The summed E-state index contributed by atoms with van der Waals surface area (Å²) in [4.78, 5) is 21.8. The second-order valence-corrected chi connectivity index (χ2v) is 6.37. The summed E-state index contributed by atoms with van der Waals surface area (Å²) >= 11 is 0. The SMILES string of the molecule is O=C(O)/C=C/c1ccc(S(=O)(=O)N2CCNC(=O)C2)cc1. The highest BCUT2D eigenvalue weighted by Gasteiger charge is 2.28. The van der Waals surface area contributed by atoms with Crippen LogP contribution in [0.1, 0.15) is 5.56 Å². The summed E-state index contributed by atoms with van der Waals surface area (Å²) < 4.78 is 25.8. The maximum atomic E-state index is 12.3. The van der Waals surface area contributed by atoms with E-state index in [1.807, 2.05) is 0 Å². The van der Waals surface area contributed by atoms with E-state index in [1.54, 1.807) is 0 Å². The van der Waals surface area contributed by atoms with E-state index in [9.17, 15) is 18.0 Å². The van der Waals surface area contributed by atoms with Crippen molar-refractivity contribution in [3.63, 3.8) is 0 Å². The molecule has 1 aliphatic heterocycles. The maximum Gasteiger partial charge on any atom is 0.328 e. The molecule has 1 amide bonds. The molecular weight excluding hydrogens is 296 g/mol. The zero-order valence-corrected chi connectivity index (χ0v) is 11.8. The van der Waals surface area contributed by atoms with Crippen LogP contribution in [0.25, 0.3) is 6.08 Å². The van der Waals surface area contributed by atoms with Crippen molar-refractivity contribution in [2.24, 2.45) is 0 Å². The van der Waals surface area contributed by atoms with Gasteiger partial charge in [0.1, 0.15) is 0 Å². The summed E-state index contributed by atoms with van der Waals surface area (Å²) in [6.07, 6.45) is 2.34. The molecule has 1 heterocycles. The van der Waals surface area contributed by atoms with Gasteiger partial charge in [0.05, 0.1) is 11.4 Å². The maximum absolute atomic E-state index is 12.3. The fraction of sp³-hybridized carbons (Fsp3) is 0.231. The van der Waals surface area contributed by atoms with E-state index in [0.717, 1.165) is 10.4 Å². The van der Waals surface area contributed by atoms with Crippen molar-refractivity contribution in [2.75, 3.05) is 19.6 Å². The Kier molecular flexibility index (Phi) is 4.39. The topological polar surface area (TPSA) is 104 Å². The molecule has 0 radical (unpaired) electrons. The summed E-state index contributed by atoms with van der Waals surface area (Å²) in [5.41, 5.74) is 0.577. The molecule has 1 aromatic carbocycles. The van der Waals surface area contributed by atoms with E-state index in [1.165, 1.54) is 30.3 Å². The smallest absolute Gasteiger partial charge is 0.328 e. The zero-order chi connectivity index (χ0) is 15.5. The molecule has 1 aromatic rings. The van der Waals surface area contributed by atoms with E-state index in [-0.39, 0.29) is 30.4 Å². The lowest BCUT2D eigenvalue weighted by Crippen LogP contribution is -2.49. The van der Waals surface area contributed by atoms with Crippen molar-refractivity contribution in [1.29, 1.82) is 0 Å². The van der Waals surface area contributed by atoms with E-state index in [0.29, 0.717) is 5.56 Å². The minimum atomic E-state index is -3.71. The normalized spacial score (nSPS) is 16.9. The molecule has 0 aliphatic carbocycles. The standard InChI is InChI=1S/C13H14N2O5S/c16-12-9-15(8-7-14-12)21(19,20)11-4-1-10(2-5-11)3-6-13(17)18/h1-6H,7-9H2,(H,14,16)(H,17,18)/b6-3+. The quantitative estimate of drug-likeness (QED) is 0.756. The Morgan fingerprint density at radius 2 is 1.95 bits per heavy atom. The average Bonchev–Trinajstić information content (AvgIpc) is 2.45. The van der Waals surface area contributed by atoms with Gasteiger partial charge in [0.25, 0.3) is 0 Å². The summed E-state index contributed by atoms with van der Waals surface area (Å²) in [5.74, 6) is -1.41. The van der Waals surface area contributed by atoms with Crippen LogP contribution in [0.2, 0.25) is 0 Å². The van der Waals surface area contributed by atoms with Gasteiger partial charge in [-0.05, 0) is 23.8 Å². The number of carbonyl (C=O) groups is 2. The van der Waals surface area contributed by atoms with Crippen molar-refractivity contribution in [1.82, 2.24) is 9.62 Å². The number of sulfonamides is 1. The van der Waals surface area contributed by atoms with Gasteiger partial charge in [0.15, 0.2) is 0 Å². The van der Waals surface area contributed by atoms with Gasteiger partial charge in [0, 0.05) is 19.2 Å². The Bertz CT molecular complexity index is 679. The van der Waals surface area contributed by atoms with Crippen LogP contribution in [0.15, 0.2) is 35.2 Å². The Balaban J connectivity index is 2.20. The third kappa shape index (κ3) is 3.67. The molecule has 0 spiro atoms. The number of piperazine rings is 1. The van der Waals surface area contributed by atoms with Gasteiger partial charge in [-0.15, -0.1) is 0 Å². The van der Waals surface area contributed by atoms with Gasteiger partial charge < -0.3 is 10.4 Å². The monoisotopic (exact) mass is 310 g/mol. The molecule has 0 bridgehead atoms. The van der Waals surface area contributed by atoms with Crippen LogP contribution < -0.4 is 5.32 Å². The summed E-state index contributed by atoms with van der Waals surface area (Å²) in [5, 5.41) is 11.1. The highest BCUT2D eigenvalue weighted by Crippen LogP contribution is 2.17. The molecule has 0 aromatic heterocycles. The van der Waals surface area contributed by atoms with Gasteiger partial charge in [-0.3, -0.25) is 4.79 Å². The number of nitrogens with zero attached hydrogens (tertiary/aromatic N) is 1. The molecule has 8 heteroatoms. The molecule has 2 rings (SSSR count). The van der Waals surface area contributed by atoms with Crippen LogP contribution in [0.4, 0.5) is 0 Å². The number of amides is 1. The highest BCUT2D eigenvalue weighted by atomic mass is 32.2. The molecule has 1 aliphatic rings. The molecule has 1 fully saturated rings. The molecule has 112 valence electrons. The van der Waals surface area contributed by atoms with E-state index < -0.39 is 16.0 Å². The number of carboxylic acid groups (broad SMARTS) is 1. The number of carboxylic acids is 1. The van der Waals surface area contributed by atoms with Crippen molar-refractivity contribution < 1.29 is 23.1 Å². The Morgan fingerprint density at radius 3 is 2.52 bits per heavy atom. The third-order valence-corrected chi connectivity index (χ3v) is 4.80. The minimum Gasteiger partial charge on any atom is -0.478 e. The lowest BCUT2D eigenvalue weighted by Gasteiger charge is -2.25. The predicted octanol–water partition coefficient (Wildman–Crippen LogP) is -0.0951. The van der Waals surface area contributed by atoms with Crippen LogP contribution in [0.5, 0.6) is 0 Å². The molecular formula is C13H14N2O5S. The number of hydrogen-bond acceptors (Lipinski definition) is 4. The Hall–Kier alpha value is -2.19. The van der Waals surface area contributed by atoms with Crippen LogP contribution in [0.3, 0.4) is 0 Å². The molecule has 1 saturated heterocycles. The van der Waals surface area contributed by atoms with E-state index >= 15 is 0 Å². The van der Waals surface area contributed by atoms with Crippen molar-refractivity contribution >= 4 is 28.0 Å². The highest BCUT2D eigenvalue weighted by molar-refractivity contribution is 7.89. The number of aliphatic carboxylic acids is 1. The fourth-order valence-corrected chi connectivity index (χ4v) is 3.28. The van der Waals surface area contributed by atoms with Gasteiger partial charge >= 0.3 is 5.97 Å². The molecule has 0 atom stereocenters. The second kappa shape index (κ2) is 6.06. The first-order valence-electron chi connectivity index (χ1n) is 6.17. The lowest BCUT2D eigenvalue weighted by atomic mass is 10.2. The summed E-state index contributed by atoms with van der Waals surface area (Å²) in [6.45, 7) is 0.329. The van der Waals surface area contributed by atoms with Crippen LogP contribution in [-0.2, 0) is 19.6 Å². The van der Waals surface area contributed by atoms with Gasteiger partial charge in [-0.1, -0.05) is 12.1 Å². The first-order valence-corrected chi connectivity index (χ1v) is 7.61. The number of nitrogens with one attached hydrogen (secondary N) is 1. The lowest BCUT2D eigenvalue weighted by molar-refractivity contribution is -0.131. The molecule has 7 nitrogen and oxygen atoms in total. The van der Waals surface area contributed by atoms with Gasteiger partial charge in [-0.25, -0.2) is 13.2 Å². The Morgan fingerprint density at radius 1 is 1.29 bits per heavy atom. The number of rotatable bonds is 4. The van der Waals surface area contributed by atoms with Gasteiger partial charge in [0.2, 0.25) is 15.9 Å². The first-order chi connectivity index (χ1) is 9.89. The van der Waals surface area contributed by atoms with Crippen LogP contribution in [0, 0.1) is 0 Å². The van der Waals surface area contributed by atoms with Gasteiger partial charge in [-0.2, -0.15) is 4.31 Å². The van der Waals surface area contributed by atoms with Crippen LogP contribution in [-0.4, -0.2) is 49.3 Å². The van der Waals surface area contributed by atoms with E-state index in [2.05, 4.69) is 5.32 Å². The number of benzene rings is 1. The number of hydrogen-bond donors (Lipinski definition) is 2. The van der Waals surface area contributed by atoms with Crippen molar-refractivity contribution in [2.45, 2.75) is 4.90 Å². The largest absolute Gasteiger partial charge is 0.478 e. The first kappa shape index (κ1) is 15.2. The minimum absolute atomic E-state index is 0.0738. The zero-order valence-electron chi connectivity index (χ0n) is 11.0. The Labute approximate surface area is 121 Å². The molecule has 21 heavy (non-hydrogen) atoms. The molecule has 0 saturated carbocycles. The summed E-state index contributed by atoms with van der Waals surface area (Å²) in [6, 6.07) is 5.80. The van der Waals surface area contributed by atoms with Crippen LogP contribution >= 0.6 is 0 Å². The predicted molar refractivity (Wildman–Crippen MR) is 74.9 cm³/mol. The second-order valence-electron chi connectivity index (χ2n) is 4.43. The number of carbonyl (C=O) groups excluding carboxylic acids is 1.